The highest BCUT2D eigenvalue weighted by atomic mass is 15.0. The minimum atomic E-state index is 0.367. The van der Waals surface area contributed by atoms with Gasteiger partial charge in [0, 0.05) is 12.1 Å². The molecule has 2 rings (SSSR count). The van der Waals surface area contributed by atoms with Gasteiger partial charge in [-0.25, -0.2) is 0 Å². The molecule has 1 nitrogen and oxygen atoms in total. The maximum Gasteiger partial charge on any atom is 0.0210 e. The smallest absolute Gasteiger partial charge is 0.0210 e. The normalized spacial score (nSPS) is 20.3. The van der Waals surface area contributed by atoms with Gasteiger partial charge >= 0.3 is 0 Å². The summed E-state index contributed by atoms with van der Waals surface area (Å²) < 4.78 is 0. The van der Waals surface area contributed by atoms with E-state index in [1.54, 1.807) is 0 Å². The standard InChI is InChI=1S/C15H23N/c1-15(11-7-2-3-8-12-15)16-13-14-9-5-4-6-10-14/h4-6,9-10,16H,2-3,7-8,11-13H2,1H3. The van der Waals surface area contributed by atoms with E-state index < -0.39 is 0 Å². The van der Waals surface area contributed by atoms with Crippen molar-refractivity contribution in [3.63, 3.8) is 0 Å². The van der Waals surface area contributed by atoms with Crippen LogP contribution in [0.3, 0.4) is 0 Å². The zero-order valence-corrected chi connectivity index (χ0v) is 10.3. The van der Waals surface area contributed by atoms with Gasteiger partial charge in [0.25, 0.3) is 0 Å². The van der Waals surface area contributed by atoms with Crippen LogP contribution >= 0.6 is 0 Å². The largest absolute Gasteiger partial charge is 0.307 e. The summed E-state index contributed by atoms with van der Waals surface area (Å²) in [6.07, 6.45) is 8.28. The van der Waals surface area contributed by atoms with Gasteiger partial charge < -0.3 is 5.32 Å². The first-order valence-corrected chi connectivity index (χ1v) is 6.57. The van der Waals surface area contributed by atoms with E-state index in [-0.39, 0.29) is 0 Å². The van der Waals surface area contributed by atoms with Gasteiger partial charge in [-0.2, -0.15) is 0 Å². The molecule has 1 aliphatic rings. The van der Waals surface area contributed by atoms with Crippen LogP contribution in [-0.4, -0.2) is 5.54 Å². The molecule has 16 heavy (non-hydrogen) atoms. The monoisotopic (exact) mass is 217 g/mol. The average molecular weight is 217 g/mol. The van der Waals surface area contributed by atoms with E-state index >= 15 is 0 Å². The summed E-state index contributed by atoms with van der Waals surface area (Å²) >= 11 is 0. The van der Waals surface area contributed by atoms with Crippen molar-refractivity contribution >= 4 is 0 Å². The molecule has 0 atom stereocenters. The van der Waals surface area contributed by atoms with Crippen molar-refractivity contribution in [2.75, 3.05) is 0 Å². The maximum atomic E-state index is 3.75. The van der Waals surface area contributed by atoms with Crippen LogP contribution in [0.1, 0.15) is 51.0 Å². The van der Waals surface area contributed by atoms with Crippen molar-refractivity contribution in [3.05, 3.63) is 35.9 Å². The Morgan fingerprint density at radius 1 is 1.00 bits per heavy atom. The van der Waals surface area contributed by atoms with Crippen molar-refractivity contribution in [3.8, 4) is 0 Å². The Balaban J connectivity index is 1.88. The van der Waals surface area contributed by atoms with Crippen LogP contribution < -0.4 is 5.32 Å². The SMILES string of the molecule is CC1(NCc2ccccc2)CCCCCC1. The van der Waals surface area contributed by atoms with Crippen LogP contribution in [0, 0.1) is 0 Å². The highest BCUT2D eigenvalue weighted by Crippen LogP contribution is 2.26. The van der Waals surface area contributed by atoms with Gasteiger partial charge in [0.05, 0.1) is 0 Å². The van der Waals surface area contributed by atoms with E-state index in [1.807, 2.05) is 0 Å². The van der Waals surface area contributed by atoms with Gasteiger partial charge in [-0.15, -0.1) is 0 Å². The Labute approximate surface area is 99.3 Å². The Bertz CT molecular complexity index is 296. The second-order valence-corrected chi connectivity index (χ2v) is 5.31. The highest BCUT2D eigenvalue weighted by Gasteiger charge is 2.24. The third kappa shape index (κ3) is 3.34. The van der Waals surface area contributed by atoms with Gasteiger partial charge in [-0.3, -0.25) is 0 Å². The molecule has 1 N–H and O–H groups in total. The highest BCUT2D eigenvalue weighted by molar-refractivity contribution is 5.14. The molecule has 0 unspecified atom stereocenters. The van der Waals surface area contributed by atoms with Gasteiger partial charge in [0.1, 0.15) is 0 Å². The average Bonchev–Trinajstić information content (AvgIpc) is 2.54. The molecule has 1 aliphatic carbocycles. The molecule has 88 valence electrons. The first-order chi connectivity index (χ1) is 7.79. The Morgan fingerprint density at radius 2 is 1.62 bits per heavy atom. The summed E-state index contributed by atoms with van der Waals surface area (Å²) in [5.41, 5.74) is 1.76. The molecule has 0 saturated heterocycles. The molecule has 0 spiro atoms. The summed E-state index contributed by atoms with van der Waals surface area (Å²) in [5.74, 6) is 0. The molecule has 0 aliphatic heterocycles. The Hall–Kier alpha value is -0.820. The first-order valence-electron chi connectivity index (χ1n) is 6.57. The summed E-state index contributed by atoms with van der Waals surface area (Å²) in [5, 5.41) is 3.75. The van der Waals surface area contributed by atoms with Crippen molar-refractivity contribution in [2.24, 2.45) is 0 Å². The fourth-order valence-corrected chi connectivity index (χ4v) is 2.60. The molecule has 0 aromatic heterocycles. The summed E-state index contributed by atoms with van der Waals surface area (Å²) in [7, 11) is 0. The number of hydrogen-bond donors (Lipinski definition) is 1. The molecule has 1 fully saturated rings. The van der Waals surface area contributed by atoms with E-state index in [4.69, 9.17) is 0 Å². The molecule has 1 aromatic rings. The van der Waals surface area contributed by atoms with E-state index in [0.717, 1.165) is 6.54 Å². The van der Waals surface area contributed by atoms with Crippen LogP contribution in [0.4, 0.5) is 0 Å². The lowest BCUT2D eigenvalue weighted by Crippen LogP contribution is -2.41. The number of nitrogens with one attached hydrogen (secondary N) is 1. The van der Waals surface area contributed by atoms with Crippen molar-refractivity contribution in [1.29, 1.82) is 0 Å². The molecule has 1 aromatic carbocycles. The number of benzene rings is 1. The summed E-state index contributed by atoms with van der Waals surface area (Å²) in [6, 6.07) is 10.7. The zero-order chi connectivity index (χ0) is 11.3. The Morgan fingerprint density at radius 3 is 2.25 bits per heavy atom. The van der Waals surface area contributed by atoms with Crippen molar-refractivity contribution in [1.82, 2.24) is 5.32 Å². The van der Waals surface area contributed by atoms with Gasteiger partial charge in [-0.1, -0.05) is 56.0 Å². The number of rotatable bonds is 3. The molecule has 0 amide bonds. The van der Waals surface area contributed by atoms with Crippen LogP contribution in [0.5, 0.6) is 0 Å². The summed E-state index contributed by atoms with van der Waals surface area (Å²) in [6.45, 7) is 3.40. The fourth-order valence-electron chi connectivity index (χ4n) is 2.60. The maximum absolute atomic E-state index is 3.75. The van der Waals surface area contributed by atoms with Crippen molar-refractivity contribution < 1.29 is 0 Å². The minimum Gasteiger partial charge on any atom is -0.307 e. The molecular weight excluding hydrogens is 194 g/mol. The van der Waals surface area contributed by atoms with E-state index in [0.29, 0.717) is 5.54 Å². The third-order valence-corrected chi connectivity index (χ3v) is 3.77. The van der Waals surface area contributed by atoms with E-state index in [9.17, 15) is 0 Å². The van der Waals surface area contributed by atoms with E-state index in [1.165, 1.54) is 44.1 Å². The van der Waals surface area contributed by atoms with Crippen LogP contribution in [-0.2, 0) is 6.54 Å². The molecule has 1 saturated carbocycles. The van der Waals surface area contributed by atoms with E-state index in [2.05, 4.69) is 42.6 Å². The molecule has 0 radical (unpaired) electrons. The molecule has 0 heterocycles. The lowest BCUT2D eigenvalue weighted by atomic mass is 9.92. The van der Waals surface area contributed by atoms with Crippen LogP contribution in [0.2, 0.25) is 0 Å². The first kappa shape index (κ1) is 11.7. The topological polar surface area (TPSA) is 12.0 Å². The molecule has 1 heteroatoms. The molecular formula is C15H23N. The van der Waals surface area contributed by atoms with Crippen LogP contribution in [0.15, 0.2) is 30.3 Å². The number of hydrogen-bond acceptors (Lipinski definition) is 1. The molecule has 0 bridgehead atoms. The predicted molar refractivity (Wildman–Crippen MR) is 69.4 cm³/mol. The van der Waals surface area contributed by atoms with Crippen molar-refractivity contribution in [2.45, 2.75) is 57.5 Å². The summed E-state index contributed by atoms with van der Waals surface area (Å²) in [4.78, 5) is 0. The lowest BCUT2D eigenvalue weighted by Gasteiger charge is -2.29. The minimum absolute atomic E-state index is 0.367. The van der Waals surface area contributed by atoms with Gasteiger partial charge in [0.2, 0.25) is 0 Å². The second-order valence-electron chi connectivity index (χ2n) is 5.31. The lowest BCUT2D eigenvalue weighted by molar-refractivity contribution is 0.311. The Kier molecular flexibility index (Phi) is 4.00. The predicted octanol–water partition coefficient (Wildman–Crippen LogP) is 3.89. The zero-order valence-electron chi connectivity index (χ0n) is 10.3. The van der Waals surface area contributed by atoms with Gasteiger partial charge in [-0.05, 0) is 25.3 Å². The van der Waals surface area contributed by atoms with Crippen LogP contribution in [0.25, 0.3) is 0 Å². The quantitative estimate of drug-likeness (QED) is 0.757. The van der Waals surface area contributed by atoms with Gasteiger partial charge in [0.15, 0.2) is 0 Å². The fraction of sp³-hybridized carbons (Fsp3) is 0.600. The second kappa shape index (κ2) is 5.49. The third-order valence-electron chi connectivity index (χ3n) is 3.77.